The van der Waals surface area contributed by atoms with Crippen LogP contribution < -0.4 is 10.6 Å². The van der Waals surface area contributed by atoms with Gasteiger partial charge in [-0.1, -0.05) is 6.07 Å². The largest absolute Gasteiger partial charge is 0.508 e. The van der Waals surface area contributed by atoms with Crippen molar-refractivity contribution >= 4 is 5.91 Å². The van der Waals surface area contributed by atoms with E-state index in [4.69, 9.17) is 0 Å². The fourth-order valence-corrected chi connectivity index (χ4v) is 1.64. The topological polar surface area (TPSA) is 61.4 Å². The van der Waals surface area contributed by atoms with Crippen molar-refractivity contribution in [2.45, 2.75) is 25.9 Å². The lowest BCUT2D eigenvalue weighted by Gasteiger charge is -2.20. The number of aromatic hydroxyl groups is 1. The van der Waals surface area contributed by atoms with E-state index in [1.807, 2.05) is 0 Å². The lowest BCUT2D eigenvalue weighted by molar-refractivity contribution is -0.122. The number of phenolic OH excluding ortho intramolecular Hbond substituents is 1. The fraction of sp³-hybridized carbons (Fsp3) is 0.417. The van der Waals surface area contributed by atoms with E-state index in [9.17, 15) is 14.3 Å². The molecule has 3 N–H and O–H groups in total. The first kappa shape index (κ1) is 13.4. The number of carbonyl (C=O) groups excluding carboxylic acids is 1. The number of benzene rings is 1. The van der Waals surface area contributed by atoms with Crippen molar-refractivity contribution in [1.29, 1.82) is 0 Å². The van der Waals surface area contributed by atoms with E-state index in [-0.39, 0.29) is 23.7 Å². The normalized spacial score (nSPS) is 14.1. The van der Waals surface area contributed by atoms with Crippen LogP contribution in [0.25, 0.3) is 0 Å². The molecule has 1 aromatic carbocycles. The summed E-state index contributed by atoms with van der Waals surface area (Å²) in [5.74, 6) is -0.745. The summed E-state index contributed by atoms with van der Waals surface area (Å²) in [6, 6.07) is 3.19. The van der Waals surface area contributed by atoms with E-state index in [0.29, 0.717) is 5.56 Å². The Labute approximate surface area is 99.8 Å². The van der Waals surface area contributed by atoms with E-state index in [1.165, 1.54) is 12.1 Å². The highest BCUT2D eigenvalue weighted by Crippen LogP contribution is 2.24. The number of rotatable bonds is 4. The molecule has 0 spiro atoms. The maximum Gasteiger partial charge on any atom is 0.236 e. The zero-order valence-corrected chi connectivity index (χ0v) is 10.1. The molecule has 0 saturated carbocycles. The van der Waals surface area contributed by atoms with Gasteiger partial charge in [-0.3, -0.25) is 10.1 Å². The van der Waals surface area contributed by atoms with Crippen LogP contribution >= 0.6 is 0 Å². The van der Waals surface area contributed by atoms with Gasteiger partial charge in [0.05, 0.1) is 6.04 Å². The Morgan fingerprint density at radius 3 is 2.59 bits per heavy atom. The molecule has 0 heterocycles. The number of amides is 1. The van der Waals surface area contributed by atoms with Crippen molar-refractivity contribution in [2.24, 2.45) is 0 Å². The Balaban J connectivity index is 2.76. The summed E-state index contributed by atoms with van der Waals surface area (Å²) >= 11 is 0. The summed E-state index contributed by atoms with van der Waals surface area (Å²) in [5, 5.41) is 15.1. The first-order valence-corrected chi connectivity index (χ1v) is 5.41. The minimum absolute atomic E-state index is 0.117. The smallest absolute Gasteiger partial charge is 0.236 e. The van der Waals surface area contributed by atoms with Crippen LogP contribution in [0.4, 0.5) is 4.39 Å². The molecule has 0 bridgehead atoms. The van der Waals surface area contributed by atoms with Crippen LogP contribution in [0.2, 0.25) is 0 Å². The van der Waals surface area contributed by atoms with Gasteiger partial charge in [0.1, 0.15) is 11.6 Å². The third-order valence-electron chi connectivity index (χ3n) is 2.60. The van der Waals surface area contributed by atoms with Gasteiger partial charge in [-0.05, 0) is 19.9 Å². The molecule has 0 aliphatic heterocycles. The number of phenols is 1. The maximum atomic E-state index is 12.8. The quantitative estimate of drug-likeness (QED) is 0.743. The van der Waals surface area contributed by atoms with Crippen LogP contribution in [0.1, 0.15) is 25.5 Å². The van der Waals surface area contributed by atoms with Crippen LogP contribution in [0.15, 0.2) is 18.2 Å². The highest BCUT2D eigenvalue weighted by Gasteiger charge is 2.17. The molecule has 5 heteroatoms. The molecule has 0 fully saturated rings. The first-order chi connectivity index (χ1) is 7.95. The van der Waals surface area contributed by atoms with E-state index in [2.05, 4.69) is 10.6 Å². The van der Waals surface area contributed by atoms with Crippen molar-refractivity contribution in [3.63, 3.8) is 0 Å². The standard InChI is InChI=1S/C12H17FN2O2/c1-7(15-8(2)12(17)14-3)10-5-4-9(13)6-11(10)16/h4-8,15-16H,1-3H3,(H,14,17). The Bertz CT molecular complexity index is 409. The maximum absolute atomic E-state index is 12.8. The molecule has 2 unspecified atom stereocenters. The number of hydrogen-bond acceptors (Lipinski definition) is 3. The summed E-state index contributed by atoms with van der Waals surface area (Å²) in [7, 11) is 1.56. The molecule has 0 aliphatic rings. The Morgan fingerprint density at radius 2 is 2.06 bits per heavy atom. The summed E-state index contributed by atoms with van der Waals surface area (Å²) in [6.45, 7) is 3.52. The minimum atomic E-state index is -0.488. The zero-order valence-electron chi connectivity index (χ0n) is 10.1. The Kier molecular flexibility index (Phi) is 4.45. The average Bonchev–Trinajstić information content (AvgIpc) is 2.27. The molecular weight excluding hydrogens is 223 g/mol. The van der Waals surface area contributed by atoms with Gasteiger partial charge in [-0.2, -0.15) is 0 Å². The lowest BCUT2D eigenvalue weighted by Crippen LogP contribution is -2.41. The van der Waals surface area contributed by atoms with Gasteiger partial charge in [0.15, 0.2) is 0 Å². The first-order valence-electron chi connectivity index (χ1n) is 5.41. The van der Waals surface area contributed by atoms with Gasteiger partial charge < -0.3 is 10.4 Å². The summed E-state index contributed by atoms with van der Waals surface area (Å²) in [4.78, 5) is 11.3. The van der Waals surface area contributed by atoms with Crippen LogP contribution in [0, 0.1) is 5.82 Å². The Morgan fingerprint density at radius 1 is 1.41 bits per heavy atom. The molecule has 1 amide bonds. The second kappa shape index (κ2) is 5.63. The van der Waals surface area contributed by atoms with Gasteiger partial charge >= 0.3 is 0 Å². The molecule has 0 radical (unpaired) electrons. The molecule has 94 valence electrons. The van der Waals surface area contributed by atoms with Crippen LogP contribution in [-0.4, -0.2) is 24.1 Å². The van der Waals surface area contributed by atoms with E-state index >= 15 is 0 Å². The summed E-state index contributed by atoms with van der Waals surface area (Å²) < 4.78 is 12.8. The molecule has 4 nitrogen and oxygen atoms in total. The second-order valence-corrected chi connectivity index (χ2v) is 3.93. The zero-order chi connectivity index (χ0) is 13.0. The third kappa shape index (κ3) is 3.42. The van der Waals surface area contributed by atoms with Crippen molar-refractivity contribution < 1.29 is 14.3 Å². The van der Waals surface area contributed by atoms with Gasteiger partial charge in [-0.15, -0.1) is 0 Å². The van der Waals surface area contributed by atoms with Crippen LogP contribution in [0.3, 0.4) is 0 Å². The monoisotopic (exact) mass is 240 g/mol. The predicted molar refractivity (Wildman–Crippen MR) is 63.1 cm³/mol. The highest BCUT2D eigenvalue weighted by molar-refractivity contribution is 5.81. The number of likely N-dealkylation sites (N-methyl/N-ethyl adjacent to an activating group) is 1. The van der Waals surface area contributed by atoms with E-state index < -0.39 is 5.82 Å². The molecule has 1 rings (SSSR count). The number of nitrogens with one attached hydrogen (secondary N) is 2. The van der Waals surface area contributed by atoms with Crippen molar-refractivity contribution in [2.75, 3.05) is 7.05 Å². The molecule has 0 aromatic heterocycles. The Hall–Kier alpha value is -1.62. The van der Waals surface area contributed by atoms with E-state index in [1.54, 1.807) is 20.9 Å². The van der Waals surface area contributed by atoms with Crippen LogP contribution in [0.5, 0.6) is 5.75 Å². The average molecular weight is 240 g/mol. The molecule has 1 aromatic rings. The molecular formula is C12H17FN2O2. The predicted octanol–water partition coefficient (Wildman–Crippen LogP) is 1.32. The highest BCUT2D eigenvalue weighted by atomic mass is 19.1. The van der Waals surface area contributed by atoms with Crippen LogP contribution in [-0.2, 0) is 4.79 Å². The molecule has 17 heavy (non-hydrogen) atoms. The van der Waals surface area contributed by atoms with Gasteiger partial charge in [0.2, 0.25) is 5.91 Å². The van der Waals surface area contributed by atoms with Crippen molar-refractivity contribution in [3.8, 4) is 5.75 Å². The fourth-order valence-electron chi connectivity index (χ4n) is 1.64. The molecule has 0 saturated heterocycles. The lowest BCUT2D eigenvalue weighted by atomic mass is 10.1. The SMILES string of the molecule is CNC(=O)C(C)NC(C)c1ccc(F)cc1O. The third-order valence-corrected chi connectivity index (χ3v) is 2.60. The van der Waals surface area contributed by atoms with Crippen molar-refractivity contribution in [1.82, 2.24) is 10.6 Å². The number of hydrogen-bond donors (Lipinski definition) is 3. The summed E-state index contributed by atoms with van der Waals surface area (Å²) in [6.07, 6.45) is 0. The minimum Gasteiger partial charge on any atom is -0.508 e. The molecule has 0 aliphatic carbocycles. The van der Waals surface area contributed by atoms with Gasteiger partial charge in [0.25, 0.3) is 0 Å². The van der Waals surface area contributed by atoms with Crippen molar-refractivity contribution in [3.05, 3.63) is 29.6 Å². The number of carbonyl (C=O) groups is 1. The van der Waals surface area contributed by atoms with Gasteiger partial charge in [0, 0.05) is 24.7 Å². The van der Waals surface area contributed by atoms with E-state index in [0.717, 1.165) is 6.07 Å². The summed E-state index contributed by atoms with van der Waals surface area (Å²) in [5.41, 5.74) is 0.558. The van der Waals surface area contributed by atoms with Gasteiger partial charge in [-0.25, -0.2) is 4.39 Å². The molecule has 2 atom stereocenters. The number of halogens is 1. The second-order valence-electron chi connectivity index (χ2n) is 3.93.